The molecule has 0 aromatic rings. The topological polar surface area (TPSA) is 237 Å². The largest absolute Gasteiger partial charge is 0.472 e. The van der Waals surface area contributed by atoms with Crippen molar-refractivity contribution in [2.45, 2.75) is 406 Å². The van der Waals surface area contributed by atoms with Gasteiger partial charge in [-0.1, -0.05) is 336 Å². The number of unbranched alkanes of at least 4 members (excludes halogenated alkanes) is 48. The van der Waals surface area contributed by atoms with E-state index in [1.165, 1.54) is 218 Å². The first-order valence-electron chi connectivity index (χ1n) is 38.3. The van der Waals surface area contributed by atoms with Crippen molar-refractivity contribution >= 4 is 39.5 Å². The number of aliphatic hydroxyl groups excluding tert-OH is 1. The van der Waals surface area contributed by atoms with Crippen LogP contribution in [0.25, 0.3) is 0 Å². The molecule has 0 aromatic heterocycles. The van der Waals surface area contributed by atoms with Crippen LogP contribution in [-0.2, 0) is 65.4 Å². The zero-order valence-electron chi connectivity index (χ0n) is 59.5. The van der Waals surface area contributed by atoms with Gasteiger partial charge in [-0.2, -0.15) is 0 Å². The predicted molar refractivity (Wildman–Crippen MR) is 372 cm³/mol. The maximum Gasteiger partial charge on any atom is 0.472 e. The fourth-order valence-electron chi connectivity index (χ4n) is 11.2. The minimum Gasteiger partial charge on any atom is -0.462 e. The van der Waals surface area contributed by atoms with E-state index in [4.69, 9.17) is 37.0 Å². The highest BCUT2D eigenvalue weighted by Crippen LogP contribution is 2.45. The molecule has 5 atom stereocenters. The molecule has 0 aromatic carbocycles. The molecular formula is C73H142O17P2. The Hall–Kier alpha value is -1.94. The number of carbonyl (C=O) groups excluding carboxylic acids is 4. The summed E-state index contributed by atoms with van der Waals surface area (Å²) in [5, 5.41) is 10.6. The van der Waals surface area contributed by atoms with Crippen LogP contribution >= 0.6 is 15.6 Å². The molecule has 0 heterocycles. The molecule has 0 saturated carbocycles. The van der Waals surface area contributed by atoms with Gasteiger partial charge in [-0.05, 0) is 25.7 Å². The van der Waals surface area contributed by atoms with Crippen molar-refractivity contribution < 1.29 is 80.2 Å². The van der Waals surface area contributed by atoms with Gasteiger partial charge in [-0.25, -0.2) is 9.13 Å². The Bertz CT molecular complexity index is 1760. The molecule has 0 saturated heterocycles. The lowest BCUT2D eigenvalue weighted by molar-refractivity contribution is -0.161. The quantitative estimate of drug-likeness (QED) is 0.0222. The molecule has 0 fully saturated rings. The van der Waals surface area contributed by atoms with Gasteiger partial charge in [-0.3, -0.25) is 37.3 Å². The smallest absolute Gasteiger partial charge is 0.462 e. The number of phosphoric ester groups is 2. The number of hydrogen-bond acceptors (Lipinski definition) is 15. The zero-order valence-corrected chi connectivity index (χ0v) is 61.3. The number of hydrogen-bond donors (Lipinski definition) is 3. The second kappa shape index (κ2) is 67.6. The SMILES string of the molecule is CCCCCCCCCCCCCCCCCCC(=O)OC[C@H](COP(=O)(O)OC[C@@H](O)COP(=O)(O)OC[C@@H](COC(=O)CCCCCCCCCCC)OC(=O)CCCCCCCCCCCCC)OC(=O)CCCCCCCCCCCCCCCCCC. The van der Waals surface area contributed by atoms with Gasteiger partial charge in [0.2, 0.25) is 0 Å². The van der Waals surface area contributed by atoms with E-state index in [0.717, 1.165) is 89.9 Å². The normalized spacial score (nSPS) is 13.9. The minimum absolute atomic E-state index is 0.107. The molecule has 2 unspecified atom stereocenters. The maximum absolute atomic E-state index is 13.1. The standard InChI is InChI=1S/C73H142O17P2/c1-5-9-13-17-21-25-28-30-32-34-36-39-42-46-50-54-58-71(76)84-64-69(90-73(78)60-56-52-48-44-40-37-35-33-31-29-26-22-18-14-10-6-2)66-88-92(81,82)86-62-67(74)61-85-91(79,80)87-65-68(63-83-70(75)57-53-49-45-41-24-20-16-12-8-4)89-72(77)59-55-51-47-43-38-27-23-19-15-11-7-3/h67-69,74H,5-66H2,1-4H3,(H,79,80)(H,81,82)/t67-,68+,69+/m0/s1. The summed E-state index contributed by atoms with van der Waals surface area (Å²) in [6.07, 6.45) is 56.8. The van der Waals surface area contributed by atoms with Crippen LogP contribution < -0.4 is 0 Å². The van der Waals surface area contributed by atoms with E-state index in [0.29, 0.717) is 25.7 Å². The molecule has 3 N–H and O–H groups in total. The van der Waals surface area contributed by atoms with Gasteiger partial charge in [0, 0.05) is 25.7 Å². The first-order valence-corrected chi connectivity index (χ1v) is 41.3. The maximum atomic E-state index is 13.1. The molecule has 546 valence electrons. The summed E-state index contributed by atoms with van der Waals surface area (Å²) in [5.74, 6) is -2.12. The number of aliphatic hydroxyl groups is 1. The molecular weight excluding hydrogens is 1210 g/mol. The van der Waals surface area contributed by atoms with Crippen LogP contribution in [0.1, 0.15) is 387 Å². The van der Waals surface area contributed by atoms with Gasteiger partial charge in [0.15, 0.2) is 12.2 Å². The van der Waals surface area contributed by atoms with Crippen LogP contribution in [0.3, 0.4) is 0 Å². The molecule has 19 heteroatoms. The Balaban J connectivity index is 5.22. The lowest BCUT2D eigenvalue weighted by atomic mass is 10.0. The van der Waals surface area contributed by atoms with Gasteiger partial charge in [-0.15, -0.1) is 0 Å². The van der Waals surface area contributed by atoms with E-state index in [-0.39, 0.29) is 25.7 Å². The number of carbonyl (C=O) groups is 4. The molecule has 0 radical (unpaired) electrons. The molecule has 0 amide bonds. The van der Waals surface area contributed by atoms with Crippen molar-refractivity contribution in [3.8, 4) is 0 Å². The van der Waals surface area contributed by atoms with Crippen molar-refractivity contribution in [3.63, 3.8) is 0 Å². The van der Waals surface area contributed by atoms with Crippen LogP contribution in [0, 0.1) is 0 Å². The fraction of sp³-hybridized carbons (Fsp3) is 0.945. The minimum atomic E-state index is -4.95. The predicted octanol–water partition coefficient (Wildman–Crippen LogP) is 21.4. The van der Waals surface area contributed by atoms with Crippen molar-refractivity contribution in [1.29, 1.82) is 0 Å². The molecule has 17 nitrogen and oxygen atoms in total. The summed E-state index contributed by atoms with van der Waals surface area (Å²) >= 11 is 0. The molecule has 0 rings (SSSR count). The number of phosphoric acid groups is 2. The summed E-state index contributed by atoms with van der Waals surface area (Å²) < 4.78 is 68.4. The Morgan fingerprint density at radius 3 is 0.641 bits per heavy atom. The van der Waals surface area contributed by atoms with E-state index in [2.05, 4.69) is 27.7 Å². The summed E-state index contributed by atoms with van der Waals surface area (Å²) in [7, 11) is -9.90. The summed E-state index contributed by atoms with van der Waals surface area (Å²) in [5.41, 5.74) is 0. The average Bonchev–Trinajstić information content (AvgIpc) is 2.41. The lowest BCUT2D eigenvalue weighted by Crippen LogP contribution is -2.30. The van der Waals surface area contributed by atoms with E-state index < -0.39 is 97.5 Å². The zero-order chi connectivity index (χ0) is 67.5. The third kappa shape index (κ3) is 66.7. The van der Waals surface area contributed by atoms with Crippen LogP contribution in [-0.4, -0.2) is 96.7 Å². The Morgan fingerprint density at radius 2 is 0.435 bits per heavy atom. The highest BCUT2D eigenvalue weighted by atomic mass is 31.2. The molecule has 0 aliphatic rings. The summed E-state index contributed by atoms with van der Waals surface area (Å²) in [6.45, 7) is 4.96. The van der Waals surface area contributed by atoms with Crippen LogP contribution in [0.5, 0.6) is 0 Å². The third-order valence-electron chi connectivity index (χ3n) is 17.1. The van der Waals surface area contributed by atoms with E-state index in [1.54, 1.807) is 0 Å². The van der Waals surface area contributed by atoms with E-state index >= 15 is 0 Å². The Labute approximate surface area is 562 Å². The number of ether oxygens (including phenoxy) is 4. The van der Waals surface area contributed by atoms with Gasteiger partial charge >= 0.3 is 39.5 Å². The molecule has 0 bridgehead atoms. The number of esters is 4. The van der Waals surface area contributed by atoms with Crippen LogP contribution in [0.4, 0.5) is 0 Å². The summed E-state index contributed by atoms with van der Waals surface area (Å²) in [6, 6.07) is 0. The molecule has 0 aliphatic carbocycles. The lowest BCUT2D eigenvalue weighted by Gasteiger charge is -2.21. The first kappa shape index (κ1) is 90.1. The second-order valence-corrected chi connectivity index (χ2v) is 29.2. The van der Waals surface area contributed by atoms with Crippen LogP contribution in [0.2, 0.25) is 0 Å². The monoisotopic (exact) mass is 1350 g/mol. The van der Waals surface area contributed by atoms with Crippen molar-refractivity contribution in [1.82, 2.24) is 0 Å². The van der Waals surface area contributed by atoms with Gasteiger partial charge in [0.1, 0.15) is 19.3 Å². The van der Waals surface area contributed by atoms with Gasteiger partial charge < -0.3 is 33.8 Å². The van der Waals surface area contributed by atoms with E-state index in [1.807, 2.05) is 0 Å². The Kier molecular flexibility index (Phi) is 66.2. The highest BCUT2D eigenvalue weighted by Gasteiger charge is 2.30. The summed E-state index contributed by atoms with van der Waals surface area (Å²) in [4.78, 5) is 72.6. The van der Waals surface area contributed by atoms with E-state index in [9.17, 15) is 43.2 Å². The molecule has 0 aliphatic heterocycles. The van der Waals surface area contributed by atoms with Crippen molar-refractivity contribution in [2.75, 3.05) is 39.6 Å². The molecule has 92 heavy (non-hydrogen) atoms. The Morgan fingerprint density at radius 1 is 0.261 bits per heavy atom. The average molecular weight is 1350 g/mol. The highest BCUT2D eigenvalue weighted by molar-refractivity contribution is 7.47. The second-order valence-electron chi connectivity index (χ2n) is 26.3. The van der Waals surface area contributed by atoms with Crippen molar-refractivity contribution in [3.05, 3.63) is 0 Å². The molecule has 0 spiro atoms. The van der Waals surface area contributed by atoms with Gasteiger partial charge in [0.05, 0.1) is 26.4 Å². The fourth-order valence-corrected chi connectivity index (χ4v) is 12.8. The number of rotatable bonds is 74. The van der Waals surface area contributed by atoms with Crippen molar-refractivity contribution in [2.24, 2.45) is 0 Å². The third-order valence-corrected chi connectivity index (χ3v) is 19.0. The van der Waals surface area contributed by atoms with Gasteiger partial charge in [0.25, 0.3) is 0 Å². The van der Waals surface area contributed by atoms with Crippen LogP contribution in [0.15, 0.2) is 0 Å². The first-order chi connectivity index (χ1) is 44.7.